The molecule has 1 aromatic rings. The van der Waals surface area contributed by atoms with Gasteiger partial charge in [-0.05, 0) is 31.4 Å². The van der Waals surface area contributed by atoms with Crippen molar-refractivity contribution in [2.75, 3.05) is 6.16 Å². The predicted octanol–water partition coefficient (Wildman–Crippen LogP) is 4.01. The highest BCUT2D eigenvalue weighted by atomic mass is 31.1. The minimum Gasteiger partial charge on any atom is -0.477 e. The third-order valence-electron chi connectivity index (χ3n) is 2.03. The smallest absolute Gasteiger partial charge is 0.122 e. The summed E-state index contributed by atoms with van der Waals surface area (Å²) in [6, 6.07) is 8.25. The Hall–Kier alpha value is -0.550. The lowest BCUT2D eigenvalue weighted by atomic mass is 10.2. The van der Waals surface area contributed by atoms with Crippen LogP contribution < -0.4 is 4.52 Å². The molecule has 0 bridgehead atoms. The van der Waals surface area contributed by atoms with Crippen molar-refractivity contribution < 1.29 is 4.52 Å². The molecule has 1 nitrogen and oxygen atoms in total. The zero-order chi connectivity index (χ0) is 10.4. The van der Waals surface area contributed by atoms with Crippen molar-refractivity contribution in [1.82, 2.24) is 0 Å². The fourth-order valence-electron chi connectivity index (χ4n) is 1.09. The maximum atomic E-state index is 5.64. The van der Waals surface area contributed by atoms with Gasteiger partial charge in [-0.1, -0.05) is 31.5 Å². The van der Waals surface area contributed by atoms with Gasteiger partial charge in [-0.3, -0.25) is 0 Å². The van der Waals surface area contributed by atoms with Gasteiger partial charge in [-0.15, -0.1) is 0 Å². The van der Waals surface area contributed by atoms with Crippen LogP contribution in [0.4, 0.5) is 0 Å². The van der Waals surface area contributed by atoms with Crippen molar-refractivity contribution in [1.29, 1.82) is 0 Å². The highest BCUT2D eigenvalue weighted by Gasteiger charge is 1.96. The Morgan fingerprint density at radius 2 is 1.86 bits per heavy atom. The summed E-state index contributed by atoms with van der Waals surface area (Å²) in [4.78, 5) is 0. The van der Waals surface area contributed by atoms with E-state index in [1.807, 2.05) is 12.1 Å². The largest absolute Gasteiger partial charge is 0.477 e. The van der Waals surface area contributed by atoms with E-state index in [2.05, 4.69) is 32.9 Å². The molecule has 0 aliphatic rings. The summed E-state index contributed by atoms with van der Waals surface area (Å²) in [6.45, 7) is 6.58. The molecular formula is C12H19OP. The van der Waals surface area contributed by atoms with E-state index in [1.54, 1.807) is 0 Å². The average molecular weight is 210 g/mol. The lowest BCUT2D eigenvalue weighted by Gasteiger charge is -2.07. The predicted molar refractivity (Wildman–Crippen MR) is 64.4 cm³/mol. The van der Waals surface area contributed by atoms with Gasteiger partial charge in [0.1, 0.15) is 5.75 Å². The van der Waals surface area contributed by atoms with Crippen LogP contribution in [-0.4, -0.2) is 6.16 Å². The number of hydrogen-bond donors (Lipinski definition) is 0. The summed E-state index contributed by atoms with van der Waals surface area (Å²) in [5.74, 6) is 1.78. The zero-order valence-corrected chi connectivity index (χ0v) is 10.2. The van der Waals surface area contributed by atoms with Gasteiger partial charge >= 0.3 is 0 Å². The molecule has 0 aromatic heterocycles. The van der Waals surface area contributed by atoms with E-state index < -0.39 is 0 Å². The Morgan fingerprint density at radius 1 is 1.21 bits per heavy atom. The summed E-state index contributed by atoms with van der Waals surface area (Å²) in [5.41, 5.74) is 1.28. The van der Waals surface area contributed by atoms with E-state index in [9.17, 15) is 0 Å². The number of benzene rings is 1. The second-order valence-corrected chi connectivity index (χ2v) is 4.98. The molecule has 0 saturated carbocycles. The van der Waals surface area contributed by atoms with Gasteiger partial charge in [0.05, 0.1) is 8.81 Å². The van der Waals surface area contributed by atoms with Crippen LogP contribution in [0.5, 0.6) is 5.75 Å². The first-order valence-corrected chi connectivity index (χ1v) is 6.26. The van der Waals surface area contributed by atoms with Gasteiger partial charge in [0, 0.05) is 6.16 Å². The molecule has 0 radical (unpaired) electrons. The van der Waals surface area contributed by atoms with Gasteiger partial charge in [0.2, 0.25) is 0 Å². The fraction of sp³-hybridized carbons (Fsp3) is 0.500. The quantitative estimate of drug-likeness (QED) is 0.527. The molecule has 1 aromatic carbocycles. The average Bonchev–Trinajstić information content (AvgIpc) is 2.15. The van der Waals surface area contributed by atoms with Crippen LogP contribution in [0, 0.1) is 12.8 Å². The summed E-state index contributed by atoms with van der Waals surface area (Å²) < 4.78 is 5.64. The molecule has 0 aliphatic heterocycles. The third kappa shape index (κ3) is 4.62. The Kier molecular flexibility index (Phi) is 4.97. The van der Waals surface area contributed by atoms with Crippen molar-refractivity contribution >= 4 is 8.81 Å². The lowest BCUT2D eigenvalue weighted by Crippen LogP contribution is -1.90. The maximum absolute atomic E-state index is 5.64. The van der Waals surface area contributed by atoms with Crippen LogP contribution in [0.3, 0.4) is 0 Å². The minimum atomic E-state index is 0.599. The maximum Gasteiger partial charge on any atom is 0.122 e. The van der Waals surface area contributed by atoms with Gasteiger partial charge in [-0.2, -0.15) is 0 Å². The monoisotopic (exact) mass is 210 g/mol. The molecule has 1 unspecified atom stereocenters. The van der Waals surface area contributed by atoms with Crippen LogP contribution in [0.15, 0.2) is 24.3 Å². The van der Waals surface area contributed by atoms with Crippen molar-refractivity contribution in [3.63, 3.8) is 0 Å². The fourth-order valence-corrected chi connectivity index (χ4v) is 2.19. The molecule has 78 valence electrons. The van der Waals surface area contributed by atoms with Crippen LogP contribution in [0.1, 0.15) is 25.8 Å². The second kappa shape index (κ2) is 6.03. The van der Waals surface area contributed by atoms with E-state index >= 15 is 0 Å². The molecular weight excluding hydrogens is 191 g/mol. The highest BCUT2D eigenvalue weighted by molar-refractivity contribution is 7.32. The summed E-state index contributed by atoms with van der Waals surface area (Å²) in [7, 11) is 0.599. The molecule has 1 atom stereocenters. The standard InChI is InChI=1S/C12H19OP/c1-10(2)8-9-14-13-12-6-4-11(3)5-7-12/h4-7,10,14H,8-9H2,1-3H3. The molecule has 1 rings (SSSR count). The molecule has 0 N–H and O–H groups in total. The molecule has 0 fully saturated rings. The molecule has 0 aliphatic carbocycles. The first kappa shape index (κ1) is 11.5. The van der Waals surface area contributed by atoms with Crippen LogP contribution in [-0.2, 0) is 0 Å². The Bertz CT molecular complexity index is 254. The first-order valence-electron chi connectivity index (χ1n) is 5.15. The molecule has 0 heterocycles. The molecule has 2 heteroatoms. The third-order valence-corrected chi connectivity index (χ3v) is 2.91. The minimum absolute atomic E-state index is 0.599. The lowest BCUT2D eigenvalue weighted by molar-refractivity contribution is 0.597. The molecule has 0 amide bonds. The summed E-state index contributed by atoms with van der Waals surface area (Å²) in [5, 5.41) is 0. The van der Waals surface area contributed by atoms with E-state index in [-0.39, 0.29) is 0 Å². The van der Waals surface area contributed by atoms with E-state index in [1.165, 1.54) is 18.1 Å². The Labute approximate surface area is 88.7 Å². The topological polar surface area (TPSA) is 9.23 Å². The Balaban J connectivity index is 2.21. The van der Waals surface area contributed by atoms with E-state index in [0.29, 0.717) is 8.81 Å². The van der Waals surface area contributed by atoms with E-state index in [4.69, 9.17) is 4.52 Å². The van der Waals surface area contributed by atoms with Gasteiger partial charge in [0.25, 0.3) is 0 Å². The first-order chi connectivity index (χ1) is 6.68. The van der Waals surface area contributed by atoms with Crippen LogP contribution in [0.2, 0.25) is 0 Å². The van der Waals surface area contributed by atoms with Crippen LogP contribution in [0.25, 0.3) is 0 Å². The molecule has 0 saturated heterocycles. The van der Waals surface area contributed by atoms with Gasteiger partial charge in [0.15, 0.2) is 0 Å². The van der Waals surface area contributed by atoms with Crippen molar-refractivity contribution in [3.8, 4) is 5.75 Å². The van der Waals surface area contributed by atoms with Gasteiger partial charge in [-0.25, -0.2) is 0 Å². The van der Waals surface area contributed by atoms with Crippen molar-refractivity contribution in [2.24, 2.45) is 5.92 Å². The van der Waals surface area contributed by atoms with Crippen LogP contribution >= 0.6 is 8.81 Å². The SMILES string of the molecule is Cc1ccc(OPCCC(C)C)cc1. The second-order valence-electron chi connectivity index (χ2n) is 3.99. The Morgan fingerprint density at radius 3 is 2.43 bits per heavy atom. The number of rotatable bonds is 5. The van der Waals surface area contributed by atoms with E-state index in [0.717, 1.165) is 11.7 Å². The normalized spacial score (nSPS) is 11.4. The molecule has 0 spiro atoms. The molecule has 14 heavy (non-hydrogen) atoms. The van der Waals surface area contributed by atoms with Crippen molar-refractivity contribution in [2.45, 2.75) is 27.2 Å². The van der Waals surface area contributed by atoms with Gasteiger partial charge < -0.3 is 4.52 Å². The van der Waals surface area contributed by atoms with Crippen molar-refractivity contribution in [3.05, 3.63) is 29.8 Å². The zero-order valence-electron chi connectivity index (χ0n) is 9.21. The summed E-state index contributed by atoms with van der Waals surface area (Å²) >= 11 is 0. The highest BCUT2D eigenvalue weighted by Crippen LogP contribution is 2.22. The number of hydrogen-bond acceptors (Lipinski definition) is 1. The number of aryl methyl sites for hydroxylation is 1. The summed E-state index contributed by atoms with van der Waals surface area (Å²) in [6.07, 6.45) is 2.43.